The van der Waals surface area contributed by atoms with Crippen molar-refractivity contribution in [1.82, 2.24) is 0 Å². The van der Waals surface area contributed by atoms with E-state index in [1.54, 1.807) is 0 Å². The number of aliphatic hydroxyl groups excluding tert-OH is 24. The predicted molar refractivity (Wildman–Crippen MR) is 261 cm³/mol. The van der Waals surface area contributed by atoms with E-state index < -0.39 is 299 Å². The van der Waals surface area contributed by atoms with E-state index in [4.69, 9.17) is 75.8 Å². The molecule has 0 amide bonds. The van der Waals surface area contributed by atoms with Gasteiger partial charge in [0.15, 0.2) is 50.3 Å². The van der Waals surface area contributed by atoms with E-state index in [-0.39, 0.29) is 0 Å². The first kappa shape index (κ1) is 70.7. The van der Waals surface area contributed by atoms with Crippen LogP contribution in [0.4, 0.5) is 0 Å². The first-order valence-corrected chi connectivity index (χ1v) is 28.1. The Morgan fingerprint density at radius 3 is 0.307 bits per heavy atom. The van der Waals surface area contributed by atoms with Crippen LogP contribution in [0.2, 0.25) is 0 Å². The Kier molecular flexibility index (Phi) is 24.1. The number of hydrogen-bond donors (Lipinski definition) is 24. The van der Waals surface area contributed by atoms with Gasteiger partial charge < -0.3 is 198 Å². The molecule has 512 valence electrons. The van der Waals surface area contributed by atoms with Crippen molar-refractivity contribution in [3.05, 3.63) is 0 Å². The maximum atomic E-state index is 11.4. The molecule has 30 saturated heterocycles. The molecule has 0 aromatic heterocycles. The van der Waals surface area contributed by atoms with Gasteiger partial charge in [-0.1, -0.05) is 0 Å². The summed E-state index contributed by atoms with van der Waals surface area (Å²) in [5.74, 6) is 0. The fourth-order valence-electron chi connectivity index (χ4n) is 11.9. The highest BCUT2D eigenvalue weighted by atomic mass is 16.8. The summed E-state index contributed by atoms with van der Waals surface area (Å²) in [6.07, 6.45) is -82.0. The smallest absolute Gasteiger partial charge is 0.187 e. The number of rotatable bonds is 8. The van der Waals surface area contributed by atoms with E-state index in [9.17, 15) is 123 Å². The molecular formula is C48H80O40. The molecule has 88 heavy (non-hydrogen) atoms. The average molecular weight is 1300 g/mol. The largest absolute Gasteiger partial charge is 0.394 e. The molecule has 0 aromatic carbocycles. The molecule has 0 aromatic rings. The Morgan fingerprint density at radius 2 is 0.227 bits per heavy atom. The Labute approximate surface area is 496 Å². The first-order chi connectivity index (χ1) is 41.9. The van der Waals surface area contributed by atoms with Crippen LogP contribution < -0.4 is 0 Å². The van der Waals surface area contributed by atoms with E-state index in [0.717, 1.165) is 0 Å². The second kappa shape index (κ2) is 30.0. The monoisotopic (exact) mass is 1300 g/mol. The lowest BCUT2D eigenvalue weighted by atomic mass is 9.94. The van der Waals surface area contributed by atoms with E-state index in [0.29, 0.717) is 0 Å². The van der Waals surface area contributed by atoms with E-state index in [1.807, 2.05) is 0 Å². The van der Waals surface area contributed by atoms with Crippen molar-refractivity contribution in [3.8, 4) is 0 Å². The van der Waals surface area contributed by atoms with Crippen molar-refractivity contribution in [2.24, 2.45) is 0 Å². The normalized spacial score (nSPS) is 55.4. The highest BCUT2D eigenvalue weighted by Crippen LogP contribution is 2.40. The second-order valence-electron chi connectivity index (χ2n) is 22.5. The quantitative estimate of drug-likeness (QED) is 0.107. The van der Waals surface area contributed by atoms with Crippen molar-refractivity contribution in [3.63, 3.8) is 0 Å². The average Bonchev–Trinajstić information content (AvgIpc) is 1.09. The minimum Gasteiger partial charge on any atom is -0.394 e. The van der Waals surface area contributed by atoms with Crippen molar-refractivity contribution in [2.45, 2.75) is 246 Å². The van der Waals surface area contributed by atoms with Gasteiger partial charge >= 0.3 is 0 Å². The number of aliphatic hydroxyl groups is 24. The molecular weight excluding hydrogens is 1220 g/mol. The van der Waals surface area contributed by atoms with E-state index in [2.05, 4.69) is 0 Å². The molecule has 30 fully saturated rings. The van der Waals surface area contributed by atoms with Crippen LogP contribution >= 0.6 is 0 Å². The molecule has 30 aliphatic rings. The van der Waals surface area contributed by atoms with Crippen LogP contribution in [0.15, 0.2) is 0 Å². The molecule has 0 spiro atoms. The Balaban J connectivity index is 0.975. The lowest BCUT2D eigenvalue weighted by molar-refractivity contribution is -0.404. The molecule has 0 saturated carbocycles. The van der Waals surface area contributed by atoms with Gasteiger partial charge in [-0.05, 0) is 0 Å². The van der Waals surface area contributed by atoms with E-state index in [1.165, 1.54) is 0 Å². The third-order valence-electron chi connectivity index (χ3n) is 16.9. The predicted octanol–water partition coefficient (Wildman–Crippen LogP) is -17.4. The van der Waals surface area contributed by atoms with Crippen LogP contribution in [0, 0.1) is 0 Å². The van der Waals surface area contributed by atoms with Gasteiger partial charge in [-0.2, -0.15) is 0 Å². The lowest BCUT2D eigenvalue weighted by Crippen LogP contribution is -2.69. The number of hydrogen-bond acceptors (Lipinski definition) is 40. The molecule has 24 N–H and O–H groups in total. The fourth-order valence-corrected chi connectivity index (χ4v) is 11.9. The van der Waals surface area contributed by atoms with Crippen molar-refractivity contribution in [1.29, 1.82) is 0 Å². The molecule has 30 heterocycles. The van der Waals surface area contributed by atoms with Crippen molar-refractivity contribution in [2.75, 3.05) is 52.9 Å². The Bertz CT molecular complexity index is 1700. The minimum atomic E-state index is -2.25. The Hall–Kier alpha value is -1.60. The summed E-state index contributed by atoms with van der Waals surface area (Å²) in [6.45, 7) is -8.64. The summed E-state index contributed by atoms with van der Waals surface area (Å²) in [6, 6.07) is 0. The molecule has 40 atom stereocenters. The third-order valence-corrected chi connectivity index (χ3v) is 16.9. The van der Waals surface area contributed by atoms with Gasteiger partial charge in [0, 0.05) is 0 Å². The van der Waals surface area contributed by atoms with Gasteiger partial charge in [-0.25, -0.2) is 0 Å². The van der Waals surface area contributed by atoms with Crippen LogP contribution in [0.25, 0.3) is 0 Å². The molecule has 30 rings (SSSR count). The molecule has 0 aliphatic carbocycles. The van der Waals surface area contributed by atoms with Gasteiger partial charge in [-0.15, -0.1) is 0 Å². The number of ether oxygens (including phenoxy) is 16. The fraction of sp³-hybridized carbons (Fsp3) is 1.00. The molecule has 0 radical (unpaired) electrons. The minimum absolute atomic E-state index is 1.08. The summed E-state index contributed by atoms with van der Waals surface area (Å²) in [5, 5.41) is 265. The maximum Gasteiger partial charge on any atom is 0.187 e. The third kappa shape index (κ3) is 13.8. The van der Waals surface area contributed by atoms with Crippen LogP contribution in [0.5, 0.6) is 0 Å². The molecule has 40 heteroatoms. The molecule has 30 aliphatic heterocycles. The van der Waals surface area contributed by atoms with Gasteiger partial charge in [-0.3, -0.25) is 0 Å². The highest BCUT2D eigenvalue weighted by Gasteiger charge is 2.60. The van der Waals surface area contributed by atoms with Crippen molar-refractivity contribution < 1.29 is 198 Å². The molecule has 0 unspecified atom stereocenters. The first-order valence-electron chi connectivity index (χ1n) is 28.1. The zero-order valence-corrected chi connectivity index (χ0v) is 46.0. The highest BCUT2D eigenvalue weighted by molar-refractivity contribution is 5.02. The molecule has 40 nitrogen and oxygen atoms in total. The topological polar surface area (TPSA) is 633 Å². The Morgan fingerprint density at radius 1 is 0.136 bits per heavy atom. The summed E-state index contributed by atoms with van der Waals surface area (Å²) >= 11 is 0. The zero-order valence-electron chi connectivity index (χ0n) is 46.0. The van der Waals surface area contributed by atoms with Crippen LogP contribution in [-0.4, -0.2) is 421 Å². The standard InChI is InChI=1S/C48H80O40/c49-1-9-33-17(57)25(65)41(73-9)82-34-10(2-50)75-43(27(67)19(34)59)84-36-12(4-52)77-45(29(69)21(36)61)86-38-14(6-54)79-47(31(71)23(38)63)88-40-16(8-56)80-48(32(72)24(40)64)87-39-15(7-55)78-46(30(70)22(39)62)85-37-13(5-53)76-44(28(68)20(37)60)83-35-11(3-51)74-42(81-33)26(66)18(35)58/h9-72H,1-8H2/t9-,10-,11-,12-,13-,14-,15+,16+,17-,18-,19-,20-,21-,22+,23-,24+,25-,26-,27-,28-,29-,30+,31-,32+,33-,34-,35-,36-,37-,38-,39+,40+,41-,42-,43-,44-,45-,46+,47-,48+/m0/s1. The van der Waals surface area contributed by atoms with Crippen LogP contribution in [0.3, 0.4) is 0 Å². The van der Waals surface area contributed by atoms with Crippen LogP contribution in [-0.2, 0) is 75.8 Å². The zero-order chi connectivity index (χ0) is 64.1. The van der Waals surface area contributed by atoms with Gasteiger partial charge in [0.25, 0.3) is 0 Å². The molecule has 16 bridgehead atoms. The summed E-state index contributed by atoms with van der Waals surface area (Å²) < 4.78 is 91.1. The lowest BCUT2D eigenvalue weighted by Gasteiger charge is -2.50. The second-order valence-corrected chi connectivity index (χ2v) is 22.5. The van der Waals surface area contributed by atoms with E-state index >= 15 is 0 Å². The van der Waals surface area contributed by atoms with Crippen molar-refractivity contribution >= 4 is 0 Å². The van der Waals surface area contributed by atoms with Gasteiger partial charge in [0.1, 0.15) is 195 Å². The van der Waals surface area contributed by atoms with Crippen LogP contribution in [0.1, 0.15) is 0 Å². The van der Waals surface area contributed by atoms with Gasteiger partial charge in [0.05, 0.1) is 52.9 Å². The summed E-state index contributed by atoms with van der Waals surface area (Å²) in [5.41, 5.74) is 0. The maximum absolute atomic E-state index is 11.4. The summed E-state index contributed by atoms with van der Waals surface area (Å²) in [4.78, 5) is 0. The SMILES string of the molecule is OC[C@@H]1O[C@H]2O[C@@H]3[C@@H](O)[C@H](O)[C@H](O[C@@H]4[C@@H](O)[C@H](O)[C@H](O[C@H]5[C@H](O)[C@@H](O)[C@@H](O[C@H]6[C@H](O)[C@@H](O)[C@@H](O[C@@H]7[C@@H](O)[C@H](O)[C@H](O[C@@H]8[C@@H](O)[C@H](O)[C@H](O[C@@H]9[C@@H](O)[C@H](O)[C@H](O[C@@H]1[C@@H](O)[C@@H]2O)O[C@H]9CO)O[C@H]8CO)O[C@H]7CO)O[C@@H]6CO)O[C@@H]5CO)O[C@H]4CO)O[C@H]3CO. The summed E-state index contributed by atoms with van der Waals surface area (Å²) in [7, 11) is 0. The van der Waals surface area contributed by atoms with Gasteiger partial charge in [0.2, 0.25) is 0 Å².